The lowest BCUT2D eigenvalue weighted by molar-refractivity contribution is -0.385. The Labute approximate surface area is 231 Å². The summed E-state index contributed by atoms with van der Waals surface area (Å²) in [5.41, 5.74) is 1.83. The van der Waals surface area contributed by atoms with Crippen molar-refractivity contribution in [3.05, 3.63) is 105 Å². The number of furan rings is 1. The van der Waals surface area contributed by atoms with E-state index in [2.05, 4.69) is 0 Å². The number of ether oxygens (including phenoxy) is 1. The predicted octanol–water partition coefficient (Wildman–Crippen LogP) is 5.12. The van der Waals surface area contributed by atoms with Crippen molar-refractivity contribution in [1.29, 1.82) is 0 Å². The first-order valence-corrected chi connectivity index (χ1v) is 14.1. The van der Waals surface area contributed by atoms with Gasteiger partial charge in [0.1, 0.15) is 17.6 Å². The second-order valence-corrected chi connectivity index (χ2v) is 10.8. The zero-order valence-corrected chi connectivity index (χ0v) is 23.1. The summed E-state index contributed by atoms with van der Waals surface area (Å²) >= 11 is 2.69. The van der Waals surface area contributed by atoms with Crippen LogP contribution in [0.5, 0.6) is 0 Å². The van der Waals surface area contributed by atoms with E-state index in [1.165, 1.54) is 28.7 Å². The largest absolute Gasteiger partial charge is 0.463 e. The fourth-order valence-electron chi connectivity index (χ4n) is 4.63. The van der Waals surface area contributed by atoms with Gasteiger partial charge >= 0.3 is 5.97 Å². The quantitative estimate of drug-likeness (QED) is 0.167. The van der Waals surface area contributed by atoms with E-state index < -0.39 is 16.9 Å². The van der Waals surface area contributed by atoms with Crippen LogP contribution in [0, 0.1) is 17.0 Å². The van der Waals surface area contributed by atoms with Crippen LogP contribution < -0.4 is 14.9 Å². The molecular weight excluding hydrogens is 538 g/mol. The summed E-state index contributed by atoms with van der Waals surface area (Å²) in [6.07, 6.45) is 2.99. The Morgan fingerprint density at radius 3 is 2.74 bits per heavy atom. The highest BCUT2D eigenvalue weighted by Gasteiger charge is 2.34. The van der Waals surface area contributed by atoms with Gasteiger partial charge in [-0.15, -0.1) is 11.3 Å². The molecule has 0 saturated carbocycles. The molecule has 0 aliphatic carbocycles. The van der Waals surface area contributed by atoms with E-state index in [0.29, 0.717) is 49.7 Å². The molecule has 1 aliphatic heterocycles. The van der Waals surface area contributed by atoms with Crippen molar-refractivity contribution in [2.45, 2.75) is 39.7 Å². The van der Waals surface area contributed by atoms with Crippen molar-refractivity contribution in [3.63, 3.8) is 0 Å². The summed E-state index contributed by atoms with van der Waals surface area (Å²) in [5.74, 6) is 0.411. The Morgan fingerprint density at radius 1 is 1.23 bits per heavy atom. The third-order valence-corrected chi connectivity index (χ3v) is 8.28. The van der Waals surface area contributed by atoms with Gasteiger partial charge in [0.05, 0.1) is 27.3 Å². The summed E-state index contributed by atoms with van der Waals surface area (Å²) in [6, 6.07) is 11.4. The summed E-state index contributed by atoms with van der Waals surface area (Å²) in [7, 11) is 0. The van der Waals surface area contributed by atoms with Gasteiger partial charge in [-0.2, -0.15) is 0 Å². The molecule has 3 aromatic heterocycles. The average molecular weight is 564 g/mol. The predicted molar refractivity (Wildman–Crippen MR) is 149 cm³/mol. The third-order valence-electron chi connectivity index (χ3n) is 6.37. The maximum atomic E-state index is 13.8. The number of nitro groups is 1. The molecule has 0 unspecified atom stereocenters. The molecule has 200 valence electrons. The number of allylic oxidation sites excluding steroid dienone is 1. The average Bonchev–Trinajstić information content (AvgIpc) is 3.66. The Bertz CT molecular complexity index is 1780. The minimum absolute atomic E-state index is 0.00706. The molecule has 0 amide bonds. The topological polar surface area (TPSA) is 117 Å². The molecule has 0 fully saturated rings. The molecule has 0 radical (unpaired) electrons. The van der Waals surface area contributed by atoms with E-state index in [1.54, 1.807) is 48.8 Å². The molecule has 0 N–H and O–H groups in total. The zero-order chi connectivity index (χ0) is 27.7. The number of nitrogens with zero attached hydrogens (tertiary/aromatic N) is 3. The number of thiazole rings is 1. The number of carbonyl (C=O) groups excluding carboxylic acids is 1. The third kappa shape index (κ3) is 4.90. The molecule has 1 aromatic carbocycles. The van der Waals surface area contributed by atoms with E-state index in [4.69, 9.17) is 14.1 Å². The number of hydrogen-bond donors (Lipinski definition) is 0. The summed E-state index contributed by atoms with van der Waals surface area (Å²) in [5, 5.41) is 13.3. The molecule has 5 rings (SSSR count). The molecule has 11 heteroatoms. The Morgan fingerprint density at radius 2 is 2.05 bits per heavy atom. The van der Waals surface area contributed by atoms with Crippen molar-refractivity contribution in [2.24, 2.45) is 4.99 Å². The smallest absolute Gasteiger partial charge is 0.338 e. The highest BCUT2D eigenvalue weighted by molar-refractivity contribution is 7.10. The van der Waals surface area contributed by atoms with Crippen LogP contribution in [0.15, 0.2) is 73.3 Å². The molecule has 1 atom stereocenters. The summed E-state index contributed by atoms with van der Waals surface area (Å²) < 4.78 is 13.3. The highest BCUT2D eigenvalue weighted by atomic mass is 32.1. The number of fused-ring (bicyclic) bond motifs is 1. The van der Waals surface area contributed by atoms with Crippen LogP contribution in [0.3, 0.4) is 0 Å². The second-order valence-electron chi connectivity index (χ2n) is 8.84. The maximum Gasteiger partial charge on any atom is 0.338 e. The monoisotopic (exact) mass is 563 g/mol. The van der Waals surface area contributed by atoms with Crippen LogP contribution in [-0.2, 0) is 9.53 Å². The molecule has 0 bridgehead atoms. The number of aromatic nitrogens is 1. The van der Waals surface area contributed by atoms with Crippen molar-refractivity contribution in [3.8, 4) is 11.3 Å². The number of benzene rings is 1. The van der Waals surface area contributed by atoms with Gasteiger partial charge in [0.15, 0.2) is 4.80 Å². The molecule has 0 saturated heterocycles. The van der Waals surface area contributed by atoms with Gasteiger partial charge in [-0.05, 0) is 43.8 Å². The van der Waals surface area contributed by atoms with Crippen molar-refractivity contribution in [2.75, 3.05) is 6.61 Å². The minimum atomic E-state index is -0.635. The zero-order valence-electron chi connectivity index (χ0n) is 21.5. The molecule has 39 heavy (non-hydrogen) atoms. The molecule has 4 aromatic rings. The van der Waals surface area contributed by atoms with E-state index in [1.807, 2.05) is 24.4 Å². The number of esters is 1. The van der Waals surface area contributed by atoms with Crippen LogP contribution >= 0.6 is 22.7 Å². The first-order chi connectivity index (χ1) is 18.8. The first kappa shape index (κ1) is 26.5. The fourth-order valence-corrected chi connectivity index (χ4v) is 6.45. The molecule has 4 heterocycles. The van der Waals surface area contributed by atoms with Crippen LogP contribution in [0.2, 0.25) is 0 Å². The summed E-state index contributed by atoms with van der Waals surface area (Å²) in [4.78, 5) is 43.9. The molecule has 0 spiro atoms. The summed E-state index contributed by atoms with van der Waals surface area (Å²) in [6.45, 7) is 5.65. The Balaban J connectivity index is 1.63. The number of rotatable bonds is 8. The van der Waals surface area contributed by atoms with Gasteiger partial charge in [0, 0.05) is 28.1 Å². The van der Waals surface area contributed by atoms with E-state index in [9.17, 15) is 19.7 Å². The van der Waals surface area contributed by atoms with Gasteiger partial charge in [0.2, 0.25) is 0 Å². The van der Waals surface area contributed by atoms with Gasteiger partial charge in [0.25, 0.3) is 11.2 Å². The number of thiophene rings is 1. The van der Waals surface area contributed by atoms with Crippen LogP contribution in [-0.4, -0.2) is 22.1 Å². The van der Waals surface area contributed by atoms with Gasteiger partial charge < -0.3 is 9.15 Å². The van der Waals surface area contributed by atoms with Gasteiger partial charge in [-0.25, -0.2) is 9.79 Å². The molecule has 1 aliphatic rings. The van der Waals surface area contributed by atoms with Crippen molar-refractivity contribution < 1.29 is 18.9 Å². The van der Waals surface area contributed by atoms with Gasteiger partial charge in [-0.3, -0.25) is 19.5 Å². The van der Waals surface area contributed by atoms with Crippen LogP contribution in [0.4, 0.5) is 5.69 Å². The second kappa shape index (κ2) is 11.0. The highest BCUT2D eigenvalue weighted by Crippen LogP contribution is 2.35. The van der Waals surface area contributed by atoms with E-state index >= 15 is 0 Å². The minimum Gasteiger partial charge on any atom is -0.463 e. The SMILES string of the molecule is CCCC1=C(C(=O)OCC)[C@@H](c2cccs2)n2c(s/c(=C\c3ccc(-c4cccc([N+](=O)[O-])c4C)o3)c2=O)=N1. The van der Waals surface area contributed by atoms with Crippen molar-refractivity contribution in [1.82, 2.24) is 4.57 Å². The van der Waals surface area contributed by atoms with Crippen molar-refractivity contribution >= 4 is 40.4 Å². The Kier molecular flexibility index (Phi) is 7.45. The lowest BCUT2D eigenvalue weighted by Crippen LogP contribution is -2.39. The van der Waals surface area contributed by atoms with Crippen LogP contribution in [0.25, 0.3) is 17.4 Å². The maximum absolute atomic E-state index is 13.8. The molecular formula is C28H25N3O6S2. The molecule has 9 nitrogen and oxygen atoms in total. The number of hydrogen-bond acceptors (Lipinski definition) is 9. The number of carbonyl (C=O) groups is 1. The number of nitro benzene ring substituents is 1. The van der Waals surface area contributed by atoms with E-state index in [-0.39, 0.29) is 17.9 Å². The first-order valence-electron chi connectivity index (χ1n) is 12.4. The lowest BCUT2D eigenvalue weighted by atomic mass is 9.99. The van der Waals surface area contributed by atoms with Crippen LogP contribution in [0.1, 0.15) is 48.9 Å². The standard InChI is InChI=1S/C28H25N3O6S2/c1-4-8-19-24(27(33)36-5-2)25(22-11-7-14-38-22)30-26(32)23(39-28(30)29-19)15-17-12-13-21(37-17)18-9-6-10-20(16(18)3)31(34)35/h6-7,9-15,25H,4-5,8H2,1-3H3/b23-15-/t25-/m1/s1. The fraction of sp³-hybridized carbons (Fsp3) is 0.250. The lowest BCUT2D eigenvalue weighted by Gasteiger charge is -2.24. The Hall–Kier alpha value is -4.09. The van der Waals surface area contributed by atoms with E-state index in [0.717, 1.165) is 11.3 Å². The van der Waals surface area contributed by atoms with Gasteiger partial charge in [-0.1, -0.05) is 42.9 Å². The normalized spacial score (nSPS) is 15.3.